The number of anilines is 2. The quantitative estimate of drug-likeness (QED) is 0.656. The molecule has 6 heteroatoms. The zero-order valence-electron chi connectivity index (χ0n) is 8.69. The SMILES string of the molecule is CC(NS(C)(=O)=O)c1cc(N)ccc1N. The van der Waals surface area contributed by atoms with Gasteiger partial charge in [-0.3, -0.25) is 0 Å². The molecule has 5 N–H and O–H groups in total. The van der Waals surface area contributed by atoms with Crippen molar-refractivity contribution in [3.05, 3.63) is 23.8 Å². The molecular formula is C9H15N3O2S. The lowest BCUT2D eigenvalue weighted by Gasteiger charge is -2.15. The van der Waals surface area contributed by atoms with Crippen LogP contribution in [0, 0.1) is 0 Å². The van der Waals surface area contributed by atoms with E-state index in [1.807, 2.05) is 0 Å². The van der Waals surface area contributed by atoms with Gasteiger partial charge in [0.2, 0.25) is 10.0 Å². The van der Waals surface area contributed by atoms with Gasteiger partial charge in [0.05, 0.1) is 6.26 Å². The van der Waals surface area contributed by atoms with E-state index in [0.717, 1.165) is 6.26 Å². The number of nitrogen functional groups attached to an aromatic ring is 2. The molecule has 0 aromatic heterocycles. The van der Waals surface area contributed by atoms with Gasteiger partial charge in [-0.2, -0.15) is 0 Å². The largest absolute Gasteiger partial charge is 0.399 e. The highest BCUT2D eigenvalue weighted by molar-refractivity contribution is 7.88. The predicted molar refractivity (Wildman–Crippen MR) is 61.7 cm³/mol. The molecule has 0 aliphatic heterocycles. The third-order valence-corrected chi connectivity index (χ3v) is 2.75. The smallest absolute Gasteiger partial charge is 0.209 e. The summed E-state index contributed by atoms with van der Waals surface area (Å²) in [5.74, 6) is 0. The molecule has 0 amide bonds. The van der Waals surface area contributed by atoms with E-state index >= 15 is 0 Å². The Morgan fingerprint density at radius 2 is 1.93 bits per heavy atom. The second-order valence-corrected chi connectivity index (χ2v) is 5.28. The van der Waals surface area contributed by atoms with Crippen LogP contribution < -0.4 is 16.2 Å². The minimum absolute atomic E-state index is 0.386. The van der Waals surface area contributed by atoms with Crippen molar-refractivity contribution in [1.82, 2.24) is 4.72 Å². The van der Waals surface area contributed by atoms with Crippen molar-refractivity contribution in [1.29, 1.82) is 0 Å². The van der Waals surface area contributed by atoms with Crippen LogP contribution in [0.1, 0.15) is 18.5 Å². The maximum atomic E-state index is 11.0. The lowest BCUT2D eigenvalue weighted by molar-refractivity contribution is 0.573. The van der Waals surface area contributed by atoms with Gasteiger partial charge in [-0.25, -0.2) is 13.1 Å². The van der Waals surface area contributed by atoms with Crippen molar-refractivity contribution in [3.8, 4) is 0 Å². The molecule has 0 radical (unpaired) electrons. The van der Waals surface area contributed by atoms with E-state index in [4.69, 9.17) is 11.5 Å². The van der Waals surface area contributed by atoms with Crippen LogP contribution in [0.3, 0.4) is 0 Å². The summed E-state index contributed by atoms with van der Waals surface area (Å²) in [6.07, 6.45) is 1.10. The third-order valence-electron chi connectivity index (χ3n) is 1.97. The van der Waals surface area contributed by atoms with Crippen LogP contribution in [0.25, 0.3) is 0 Å². The Kier molecular flexibility index (Phi) is 3.21. The number of sulfonamides is 1. The molecule has 0 spiro atoms. The van der Waals surface area contributed by atoms with Crippen molar-refractivity contribution in [3.63, 3.8) is 0 Å². The van der Waals surface area contributed by atoms with Gasteiger partial charge in [-0.1, -0.05) is 0 Å². The zero-order valence-corrected chi connectivity index (χ0v) is 9.51. The van der Waals surface area contributed by atoms with E-state index in [1.54, 1.807) is 25.1 Å². The van der Waals surface area contributed by atoms with Gasteiger partial charge in [0.1, 0.15) is 0 Å². The fourth-order valence-corrected chi connectivity index (χ4v) is 2.12. The molecule has 0 bridgehead atoms. The molecule has 0 saturated carbocycles. The van der Waals surface area contributed by atoms with Gasteiger partial charge in [0.15, 0.2) is 0 Å². The van der Waals surface area contributed by atoms with Gasteiger partial charge in [0, 0.05) is 17.4 Å². The lowest BCUT2D eigenvalue weighted by atomic mass is 10.1. The number of nitrogens with two attached hydrogens (primary N) is 2. The second kappa shape index (κ2) is 4.08. The van der Waals surface area contributed by atoms with E-state index in [1.165, 1.54) is 0 Å². The molecular weight excluding hydrogens is 214 g/mol. The summed E-state index contributed by atoms with van der Waals surface area (Å²) in [5, 5.41) is 0. The predicted octanol–water partition coefficient (Wildman–Crippen LogP) is 0.461. The molecule has 0 fully saturated rings. The molecule has 5 nitrogen and oxygen atoms in total. The Morgan fingerprint density at radius 3 is 2.47 bits per heavy atom. The van der Waals surface area contributed by atoms with Crippen LogP contribution in [0.4, 0.5) is 11.4 Å². The molecule has 1 rings (SSSR count). The maximum absolute atomic E-state index is 11.0. The molecule has 0 saturated heterocycles. The van der Waals surface area contributed by atoms with Crippen molar-refractivity contribution in [2.24, 2.45) is 0 Å². The maximum Gasteiger partial charge on any atom is 0.209 e. The summed E-state index contributed by atoms with van der Waals surface area (Å²) >= 11 is 0. The first-order chi connectivity index (χ1) is 6.79. The van der Waals surface area contributed by atoms with Gasteiger partial charge < -0.3 is 11.5 Å². The highest BCUT2D eigenvalue weighted by Crippen LogP contribution is 2.22. The minimum atomic E-state index is -3.25. The number of hydrogen-bond acceptors (Lipinski definition) is 4. The van der Waals surface area contributed by atoms with Crippen molar-refractivity contribution < 1.29 is 8.42 Å². The highest BCUT2D eigenvalue weighted by atomic mass is 32.2. The summed E-state index contributed by atoms with van der Waals surface area (Å²) in [6, 6.07) is 4.61. The highest BCUT2D eigenvalue weighted by Gasteiger charge is 2.13. The van der Waals surface area contributed by atoms with E-state index in [0.29, 0.717) is 16.9 Å². The van der Waals surface area contributed by atoms with Crippen LogP contribution in [0.5, 0.6) is 0 Å². The summed E-state index contributed by atoms with van der Waals surface area (Å²) in [4.78, 5) is 0. The number of benzene rings is 1. The molecule has 1 aromatic rings. The van der Waals surface area contributed by atoms with Crippen molar-refractivity contribution in [2.45, 2.75) is 13.0 Å². The Bertz CT molecular complexity index is 456. The van der Waals surface area contributed by atoms with E-state index in [9.17, 15) is 8.42 Å². The molecule has 1 unspecified atom stereocenters. The molecule has 15 heavy (non-hydrogen) atoms. The second-order valence-electron chi connectivity index (χ2n) is 3.50. The minimum Gasteiger partial charge on any atom is -0.399 e. The Labute approximate surface area is 89.5 Å². The van der Waals surface area contributed by atoms with Gasteiger partial charge >= 0.3 is 0 Å². The van der Waals surface area contributed by atoms with Crippen LogP contribution in [-0.4, -0.2) is 14.7 Å². The molecule has 0 aliphatic rings. The monoisotopic (exact) mass is 229 g/mol. The van der Waals surface area contributed by atoms with E-state index in [-0.39, 0.29) is 6.04 Å². The first-order valence-corrected chi connectivity index (χ1v) is 6.31. The van der Waals surface area contributed by atoms with Crippen LogP contribution >= 0.6 is 0 Å². The summed E-state index contributed by atoms with van der Waals surface area (Å²) in [6.45, 7) is 1.71. The van der Waals surface area contributed by atoms with Crippen LogP contribution in [-0.2, 0) is 10.0 Å². The van der Waals surface area contributed by atoms with E-state index in [2.05, 4.69) is 4.72 Å². The average Bonchev–Trinajstić information content (AvgIpc) is 2.06. The zero-order chi connectivity index (χ0) is 11.6. The first kappa shape index (κ1) is 11.8. The van der Waals surface area contributed by atoms with Crippen molar-refractivity contribution in [2.75, 3.05) is 17.7 Å². The summed E-state index contributed by atoms with van der Waals surface area (Å²) in [5.41, 5.74) is 13.1. The molecule has 0 heterocycles. The Morgan fingerprint density at radius 1 is 1.33 bits per heavy atom. The lowest BCUT2D eigenvalue weighted by Crippen LogP contribution is -2.26. The fraction of sp³-hybridized carbons (Fsp3) is 0.333. The van der Waals surface area contributed by atoms with Crippen molar-refractivity contribution >= 4 is 21.4 Å². The molecule has 84 valence electrons. The van der Waals surface area contributed by atoms with Crippen LogP contribution in [0.2, 0.25) is 0 Å². The Hall–Kier alpha value is -1.27. The molecule has 0 aliphatic carbocycles. The fourth-order valence-electron chi connectivity index (χ4n) is 1.35. The van der Waals surface area contributed by atoms with Gasteiger partial charge in [-0.15, -0.1) is 0 Å². The number of nitrogens with one attached hydrogen (secondary N) is 1. The van der Waals surface area contributed by atoms with Crippen LogP contribution in [0.15, 0.2) is 18.2 Å². The normalized spacial score (nSPS) is 13.7. The Balaban J connectivity index is 3.00. The average molecular weight is 229 g/mol. The van der Waals surface area contributed by atoms with Gasteiger partial charge in [-0.05, 0) is 30.7 Å². The first-order valence-electron chi connectivity index (χ1n) is 4.42. The molecule has 1 atom stereocenters. The molecule has 1 aromatic carbocycles. The number of rotatable bonds is 3. The summed E-state index contributed by atoms with van der Waals surface area (Å²) in [7, 11) is -3.25. The third kappa shape index (κ3) is 3.41. The van der Waals surface area contributed by atoms with Gasteiger partial charge in [0.25, 0.3) is 0 Å². The number of hydrogen-bond donors (Lipinski definition) is 3. The topological polar surface area (TPSA) is 98.2 Å². The summed E-state index contributed by atoms with van der Waals surface area (Å²) < 4.78 is 24.5. The van der Waals surface area contributed by atoms with E-state index < -0.39 is 10.0 Å². The standard InChI is InChI=1S/C9H15N3O2S/c1-6(12-15(2,13)14)8-5-7(10)3-4-9(8)11/h3-6,12H,10-11H2,1-2H3.